The van der Waals surface area contributed by atoms with E-state index in [0.29, 0.717) is 24.2 Å². The maximum Gasteiger partial charge on any atom is 0.173 e. The summed E-state index contributed by atoms with van der Waals surface area (Å²) in [5.74, 6) is 1.08. The second-order valence-corrected chi connectivity index (χ2v) is 10.1. The van der Waals surface area contributed by atoms with Gasteiger partial charge < -0.3 is 15.2 Å². The Hall–Kier alpha value is -2.88. The van der Waals surface area contributed by atoms with Crippen LogP contribution in [0, 0.1) is 11.7 Å². The Bertz CT molecular complexity index is 1260. The molecule has 190 valence electrons. The number of halogens is 1. The summed E-state index contributed by atoms with van der Waals surface area (Å²) in [6.07, 6.45) is 14.0. The van der Waals surface area contributed by atoms with E-state index < -0.39 is 5.82 Å². The number of nitrogens with zero attached hydrogens (tertiary/aromatic N) is 5. The van der Waals surface area contributed by atoms with Crippen molar-refractivity contribution < 1.29 is 14.2 Å². The Kier molecular flexibility index (Phi) is 6.69. The number of morpholine rings is 1. The van der Waals surface area contributed by atoms with Crippen molar-refractivity contribution in [3.05, 3.63) is 59.2 Å². The number of pyridine rings is 1. The molecular formula is C27H33FN6O2. The lowest BCUT2D eigenvalue weighted by Crippen LogP contribution is -2.45. The Morgan fingerprint density at radius 2 is 1.94 bits per heavy atom. The van der Waals surface area contributed by atoms with E-state index in [0.717, 1.165) is 67.4 Å². The van der Waals surface area contributed by atoms with Gasteiger partial charge in [-0.25, -0.2) is 19.3 Å². The van der Waals surface area contributed by atoms with E-state index >= 15 is 0 Å². The highest BCUT2D eigenvalue weighted by Gasteiger charge is 2.28. The zero-order valence-electron chi connectivity index (χ0n) is 20.5. The van der Waals surface area contributed by atoms with E-state index in [9.17, 15) is 9.50 Å². The van der Waals surface area contributed by atoms with Crippen LogP contribution < -0.4 is 5.32 Å². The normalized spacial score (nSPS) is 22.8. The fourth-order valence-corrected chi connectivity index (χ4v) is 6.08. The molecule has 0 atom stereocenters. The summed E-state index contributed by atoms with van der Waals surface area (Å²) >= 11 is 0. The van der Waals surface area contributed by atoms with Crippen LogP contribution in [-0.4, -0.2) is 68.2 Å². The molecule has 6 rings (SSSR count). The molecular weight excluding hydrogens is 459 g/mol. The maximum atomic E-state index is 14.9. The molecule has 9 heteroatoms. The van der Waals surface area contributed by atoms with Gasteiger partial charge in [0.25, 0.3) is 0 Å². The first-order valence-corrected chi connectivity index (χ1v) is 13.1. The Balaban J connectivity index is 1.20. The van der Waals surface area contributed by atoms with E-state index in [1.165, 1.54) is 37.9 Å². The standard InChI is InChI=1S/C27H33FN6O2/c28-23-13-19(15-34-21(16-35)14-30-27(23)34)22-7-8-29-26-25(22)24(31-17-32-26)6-3-18-1-4-20(5-2-18)33-9-11-36-12-10-33/h7,13-15,17-18,20,35H,1-6,8-12,16H2,(H,29,31,32). The number of aliphatic hydroxyl groups excluding tert-OH is 1. The molecule has 3 aromatic heterocycles. The second-order valence-electron chi connectivity index (χ2n) is 10.1. The van der Waals surface area contributed by atoms with Gasteiger partial charge in [-0.1, -0.05) is 6.08 Å². The quantitative estimate of drug-likeness (QED) is 0.545. The summed E-state index contributed by atoms with van der Waals surface area (Å²) in [5.41, 5.74) is 4.39. The van der Waals surface area contributed by atoms with Crippen LogP contribution in [0.2, 0.25) is 0 Å². The molecule has 3 aromatic rings. The molecule has 5 heterocycles. The first-order chi connectivity index (χ1) is 17.7. The van der Waals surface area contributed by atoms with Crippen LogP contribution in [0.15, 0.2) is 30.9 Å². The average molecular weight is 493 g/mol. The fourth-order valence-electron chi connectivity index (χ4n) is 6.08. The van der Waals surface area contributed by atoms with Crippen molar-refractivity contribution in [2.24, 2.45) is 5.92 Å². The number of nitrogens with one attached hydrogen (secondary N) is 1. The van der Waals surface area contributed by atoms with E-state index in [1.54, 1.807) is 10.7 Å². The van der Waals surface area contributed by atoms with Gasteiger partial charge in [-0.2, -0.15) is 0 Å². The van der Waals surface area contributed by atoms with E-state index in [2.05, 4.69) is 31.2 Å². The number of aromatic nitrogens is 4. The molecule has 2 fully saturated rings. The van der Waals surface area contributed by atoms with Crippen LogP contribution in [0.5, 0.6) is 0 Å². The molecule has 0 radical (unpaired) electrons. The predicted octanol–water partition coefficient (Wildman–Crippen LogP) is 3.44. The van der Waals surface area contributed by atoms with Crippen LogP contribution in [0.1, 0.15) is 54.6 Å². The molecule has 3 aliphatic rings. The van der Waals surface area contributed by atoms with Gasteiger partial charge in [0.1, 0.15) is 12.1 Å². The maximum absolute atomic E-state index is 14.9. The highest BCUT2D eigenvalue weighted by Crippen LogP contribution is 2.36. The molecule has 0 amide bonds. The Morgan fingerprint density at radius 1 is 1.11 bits per heavy atom. The summed E-state index contributed by atoms with van der Waals surface area (Å²) in [6, 6.07) is 2.22. The molecule has 2 aliphatic heterocycles. The Morgan fingerprint density at radius 3 is 2.75 bits per heavy atom. The van der Waals surface area contributed by atoms with Gasteiger partial charge in [0, 0.05) is 43.0 Å². The minimum Gasteiger partial charge on any atom is -0.390 e. The SMILES string of the molecule is OCc1cnc2c(F)cc(C3=CCNc4ncnc(CCC5CCC(N6CCOCC6)CC5)c43)cn12. The van der Waals surface area contributed by atoms with E-state index in [4.69, 9.17) is 4.74 Å². The topological polar surface area (TPSA) is 87.8 Å². The number of ether oxygens (including phenoxy) is 1. The summed E-state index contributed by atoms with van der Waals surface area (Å²) in [5, 5.41) is 13.0. The molecule has 1 saturated heterocycles. The smallest absolute Gasteiger partial charge is 0.173 e. The number of aliphatic hydroxyl groups is 1. The summed E-state index contributed by atoms with van der Waals surface area (Å²) in [7, 11) is 0. The lowest BCUT2D eigenvalue weighted by atomic mass is 9.82. The molecule has 2 N–H and O–H groups in total. The van der Waals surface area contributed by atoms with Gasteiger partial charge in [0.05, 0.1) is 37.4 Å². The predicted molar refractivity (Wildman–Crippen MR) is 135 cm³/mol. The first-order valence-electron chi connectivity index (χ1n) is 13.1. The summed E-state index contributed by atoms with van der Waals surface area (Å²) < 4.78 is 22.1. The lowest BCUT2D eigenvalue weighted by molar-refractivity contribution is 0.00465. The van der Waals surface area contributed by atoms with Gasteiger partial charge >= 0.3 is 0 Å². The minimum atomic E-state index is -0.413. The van der Waals surface area contributed by atoms with Crippen LogP contribution in [0.3, 0.4) is 0 Å². The molecule has 0 unspecified atom stereocenters. The number of anilines is 1. The fraction of sp³-hybridized carbons (Fsp3) is 0.519. The monoisotopic (exact) mass is 492 g/mol. The molecule has 1 saturated carbocycles. The third-order valence-electron chi connectivity index (χ3n) is 8.05. The Labute approximate surface area is 210 Å². The van der Waals surface area contributed by atoms with Crippen molar-refractivity contribution >= 4 is 17.0 Å². The van der Waals surface area contributed by atoms with E-state index in [-0.39, 0.29) is 12.3 Å². The third-order valence-corrected chi connectivity index (χ3v) is 8.05. The average Bonchev–Trinajstić information content (AvgIpc) is 3.36. The first kappa shape index (κ1) is 23.5. The van der Waals surface area contributed by atoms with Crippen molar-refractivity contribution in [2.75, 3.05) is 38.2 Å². The molecule has 0 spiro atoms. The number of aryl methyl sites for hydroxylation is 1. The number of imidazole rings is 1. The second kappa shape index (κ2) is 10.2. The van der Waals surface area contributed by atoms with Crippen molar-refractivity contribution in [3.8, 4) is 0 Å². The van der Waals surface area contributed by atoms with Gasteiger partial charge in [-0.3, -0.25) is 9.30 Å². The van der Waals surface area contributed by atoms with E-state index in [1.807, 2.05) is 6.20 Å². The zero-order valence-corrected chi connectivity index (χ0v) is 20.5. The van der Waals surface area contributed by atoms with Crippen LogP contribution in [-0.2, 0) is 17.8 Å². The molecule has 36 heavy (non-hydrogen) atoms. The van der Waals surface area contributed by atoms with Crippen molar-refractivity contribution in [2.45, 2.75) is 51.2 Å². The number of fused-ring (bicyclic) bond motifs is 2. The molecule has 8 nitrogen and oxygen atoms in total. The highest BCUT2D eigenvalue weighted by molar-refractivity contribution is 5.88. The molecule has 1 aliphatic carbocycles. The number of hydrogen-bond acceptors (Lipinski definition) is 7. The van der Waals surface area contributed by atoms with Gasteiger partial charge in [0.15, 0.2) is 11.5 Å². The number of hydrogen-bond donors (Lipinski definition) is 2. The van der Waals surface area contributed by atoms with Crippen molar-refractivity contribution in [1.29, 1.82) is 0 Å². The van der Waals surface area contributed by atoms with Crippen LogP contribution in [0.4, 0.5) is 10.2 Å². The lowest BCUT2D eigenvalue weighted by Gasteiger charge is -2.38. The minimum absolute atomic E-state index is 0.205. The summed E-state index contributed by atoms with van der Waals surface area (Å²) in [4.78, 5) is 15.9. The third kappa shape index (κ3) is 4.51. The van der Waals surface area contributed by atoms with Crippen LogP contribution in [0.25, 0.3) is 11.2 Å². The van der Waals surface area contributed by atoms with Crippen LogP contribution >= 0.6 is 0 Å². The van der Waals surface area contributed by atoms with Crippen molar-refractivity contribution in [1.82, 2.24) is 24.3 Å². The summed E-state index contributed by atoms with van der Waals surface area (Å²) in [6.45, 7) is 4.26. The molecule has 0 bridgehead atoms. The zero-order chi connectivity index (χ0) is 24.5. The van der Waals surface area contributed by atoms with Crippen molar-refractivity contribution in [3.63, 3.8) is 0 Å². The van der Waals surface area contributed by atoms with Gasteiger partial charge in [-0.05, 0) is 56.1 Å². The largest absolute Gasteiger partial charge is 0.390 e. The molecule has 0 aromatic carbocycles. The van der Waals surface area contributed by atoms with Gasteiger partial charge in [0.2, 0.25) is 0 Å². The number of rotatable bonds is 6. The van der Waals surface area contributed by atoms with Gasteiger partial charge in [-0.15, -0.1) is 0 Å². The highest BCUT2D eigenvalue weighted by atomic mass is 19.1.